The Morgan fingerprint density at radius 3 is 1.95 bits per heavy atom. The number of hydrogen-bond donors (Lipinski definition) is 0. The Morgan fingerprint density at radius 2 is 1.48 bits per heavy atom. The van der Waals surface area contributed by atoms with Gasteiger partial charge >= 0.3 is 0 Å². The van der Waals surface area contributed by atoms with Crippen molar-refractivity contribution in [3.8, 4) is 0 Å². The average Bonchev–Trinajstić information content (AvgIpc) is 2.90. The summed E-state index contributed by atoms with van der Waals surface area (Å²) in [6.07, 6.45) is 9.94. The SMILES string of the molecule is C[SiH](C)CCCN(CCCn1ccnc1)CCC[SiH](C)C. The van der Waals surface area contributed by atoms with E-state index in [1.165, 1.54) is 51.0 Å². The lowest BCUT2D eigenvalue weighted by atomic mass is 10.3. The third-order valence-corrected chi connectivity index (χ3v) is 7.09. The second-order valence-corrected chi connectivity index (χ2v) is 13.8. The van der Waals surface area contributed by atoms with E-state index in [4.69, 9.17) is 0 Å². The van der Waals surface area contributed by atoms with Crippen LogP contribution in [0.5, 0.6) is 0 Å². The van der Waals surface area contributed by atoms with Gasteiger partial charge in [-0.1, -0.05) is 38.3 Å². The number of imidazole rings is 1. The van der Waals surface area contributed by atoms with E-state index in [9.17, 15) is 0 Å². The monoisotopic (exact) mass is 325 g/mol. The van der Waals surface area contributed by atoms with E-state index in [1.807, 2.05) is 12.5 Å². The number of aryl methyl sites for hydroxylation is 1. The van der Waals surface area contributed by atoms with Gasteiger partial charge in [0.25, 0.3) is 0 Å². The van der Waals surface area contributed by atoms with Crippen molar-refractivity contribution in [1.29, 1.82) is 0 Å². The van der Waals surface area contributed by atoms with E-state index >= 15 is 0 Å². The average molecular weight is 326 g/mol. The summed E-state index contributed by atoms with van der Waals surface area (Å²) in [6.45, 7) is 14.8. The largest absolute Gasteiger partial charge is 0.337 e. The lowest BCUT2D eigenvalue weighted by molar-refractivity contribution is 0.266. The zero-order chi connectivity index (χ0) is 15.5. The quantitative estimate of drug-likeness (QED) is 0.550. The van der Waals surface area contributed by atoms with Crippen molar-refractivity contribution in [2.24, 2.45) is 0 Å². The maximum atomic E-state index is 4.12. The number of hydrogen-bond acceptors (Lipinski definition) is 2. The first-order valence-corrected chi connectivity index (χ1v) is 15.0. The molecule has 0 unspecified atom stereocenters. The fraction of sp³-hybridized carbons (Fsp3) is 0.812. The van der Waals surface area contributed by atoms with E-state index in [0.717, 1.165) is 6.54 Å². The van der Waals surface area contributed by atoms with Gasteiger partial charge in [-0.25, -0.2) is 4.98 Å². The minimum atomic E-state index is -0.373. The van der Waals surface area contributed by atoms with Gasteiger partial charge in [-0.2, -0.15) is 0 Å². The van der Waals surface area contributed by atoms with Gasteiger partial charge in [0.05, 0.1) is 6.33 Å². The van der Waals surface area contributed by atoms with Gasteiger partial charge in [0.15, 0.2) is 0 Å². The van der Waals surface area contributed by atoms with Crippen molar-refractivity contribution in [1.82, 2.24) is 14.5 Å². The van der Waals surface area contributed by atoms with Crippen LogP contribution in [-0.4, -0.2) is 51.7 Å². The Bertz CT molecular complexity index is 325. The molecule has 5 heteroatoms. The smallest absolute Gasteiger partial charge is 0.0945 e. The van der Waals surface area contributed by atoms with Gasteiger partial charge in [0.1, 0.15) is 0 Å². The van der Waals surface area contributed by atoms with Crippen LogP contribution < -0.4 is 0 Å². The third kappa shape index (κ3) is 10.0. The highest BCUT2D eigenvalue weighted by atomic mass is 28.3. The van der Waals surface area contributed by atoms with Crippen LogP contribution in [-0.2, 0) is 6.54 Å². The van der Waals surface area contributed by atoms with Crippen molar-refractivity contribution in [2.45, 2.75) is 64.1 Å². The topological polar surface area (TPSA) is 21.1 Å². The molecule has 0 amide bonds. The molecule has 0 bridgehead atoms. The molecule has 0 aliphatic heterocycles. The predicted molar refractivity (Wildman–Crippen MR) is 99.9 cm³/mol. The standard InChI is InChI=1S/C16H35N3Si2/c1-20(2)14-6-11-18(12-7-15-21(3)4)9-5-10-19-13-8-17-16-19/h8,13,16,20-21H,5-7,9-12,14-15H2,1-4H3. The fourth-order valence-corrected chi connectivity index (χ4v) is 4.68. The maximum absolute atomic E-state index is 4.12. The van der Waals surface area contributed by atoms with Crippen LogP contribution in [0.2, 0.25) is 38.3 Å². The molecule has 1 aromatic rings. The molecular formula is C16H35N3Si2. The molecule has 122 valence electrons. The third-order valence-electron chi connectivity index (χ3n) is 3.96. The van der Waals surface area contributed by atoms with E-state index in [-0.39, 0.29) is 17.6 Å². The lowest BCUT2D eigenvalue weighted by Crippen LogP contribution is -2.29. The Kier molecular flexibility index (Phi) is 9.96. The summed E-state index contributed by atoms with van der Waals surface area (Å²) >= 11 is 0. The summed E-state index contributed by atoms with van der Waals surface area (Å²) in [5.74, 6) is 0. The Balaban J connectivity index is 2.24. The first-order valence-electron chi connectivity index (χ1n) is 8.76. The van der Waals surface area contributed by atoms with E-state index < -0.39 is 0 Å². The summed E-state index contributed by atoms with van der Waals surface area (Å²) < 4.78 is 2.19. The van der Waals surface area contributed by atoms with Gasteiger partial charge in [-0.3, -0.25) is 0 Å². The second kappa shape index (κ2) is 11.2. The minimum Gasteiger partial charge on any atom is -0.337 e. The van der Waals surface area contributed by atoms with Crippen molar-refractivity contribution in [3.05, 3.63) is 18.7 Å². The summed E-state index contributed by atoms with van der Waals surface area (Å²) in [6, 6.07) is 2.99. The molecular weight excluding hydrogens is 290 g/mol. The Hall–Kier alpha value is -0.396. The van der Waals surface area contributed by atoms with Crippen molar-refractivity contribution in [2.75, 3.05) is 19.6 Å². The van der Waals surface area contributed by atoms with Crippen molar-refractivity contribution < 1.29 is 0 Å². The number of nitrogens with zero attached hydrogens (tertiary/aromatic N) is 3. The normalized spacial score (nSPS) is 12.0. The molecule has 21 heavy (non-hydrogen) atoms. The highest BCUT2D eigenvalue weighted by Gasteiger charge is 2.07. The molecule has 0 aromatic carbocycles. The van der Waals surface area contributed by atoms with Crippen LogP contribution in [0.15, 0.2) is 18.7 Å². The summed E-state index contributed by atoms with van der Waals surface area (Å²) in [5.41, 5.74) is 0. The highest BCUT2D eigenvalue weighted by Crippen LogP contribution is 2.06. The van der Waals surface area contributed by atoms with Crippen molar-refractivity contribution >= 4 is 17.6 Å². The zero-order valence-corrected chi connectivity index (χ0v) is 16.9. The second-order valence-electron chi connectivity index (χ2n) is 7.07. The molecule has 0 saturated carbocycles. The fourth-order valence-electron chi connectivity index (χ4n) is 2.68. The lowest BCUT2D eigenvalue weighted by Gasteiger charge is -2.23. The van der Waals surface area contributed by atoms with Gasteiger partial charge in [0, 0.05) is 36.5 Å². The molecule has 3 nitrogen and oxygen atoms in total. The van der Waals surface area contributed by atoms with E-state index in [1.54, 1.807) is 0 Å². The highest BCUT2D eigenvalue weighted by molar-refractivity contribution is 6.55. The molecule has 0 fully saturated rings. The number of aromatic nitrogens is 2. The molecule has 0 aliphatic rings. The van der Waals surface area contributed by atoms with Crippen LogP contribution in [0.3, 0.4) is 0 Å². The molecule has 0 saturated heterocycles. The Labute approximate surface area is 135 Å². The molecule has 1 aromatic heterocycles. The molecule has 0 spiro atoms. The van der Waals surface area contributed by atoms with E-state index in [2.05, 4.69) is 46.8 Å². The van der Waals surface area contributed by atoms with Crippen LogP contribution in [0.25, 0.3) is 0 Å². The van der Waals surface area contributed by atoms with Gasteiger partial charge in [-0.15, -0.1) is 0 Å². The van der Waals surface area contributed by atoms with Crippen LogP contribution in [0, 0.1) is 0 Å². The molecule has 0 N–H and O–H groups in total. The van der Waals surface area contributed by atoms with Crippen molar-refractivity contribution in [3.63, 3.8) is 0 Å². The molecule has 0 atom stereocenters. The molecule has 1 rings (SSSR count). The first kappa shape index (κ1) is 18.7. The van der Waals surface area contributed by atoms with Crippen LogP contribution in [0.4, 0.5) is 0 Å². The first-order chi connectivity index (χ1) is 10.1. The van der Waals surface area contributed by atoms with Crippen LogP contribution >= 0.6 is 0 Å². The maximum Gasteiger partial charge on any atom is 0.0945 e. The van der Waals surface area contributed by atoms with Gasteiger partial charge < -0.3 is 9.47 Å². The van der Waals surface area contributed by atoms with E-state index in [0.29, 0.717) is 0 Å². The molecule has 0 aliphatic carbocycles. The minimum absolute atomic E-state index is 0.373. The number of rotatable bonds is 12. The van der Waals surface area contributed by atoms with Gasteiger partial charge in [0.2, 0.25) is 0 Å². The zero-order valence-electron chi connectivity index (χ0n) is 14.6. The summed E-state index contributed by atoms with van der Waals surface area (Å²) in [4.78, 5) is 6.83. The molecule has 0 radical (unpaired) electrons. The summed E-state index contributed by atoms with van der Waals surface area (Å²) in [5, 5.41) is 0. The molecule has 1 heterocycles. The Morgan fingerprint density at radius 1 is 0.905 bits per heavy atom. The summed E-state index contributed by atoms with van der Waals surface area (Å²) in [7, 11) is -0.746. The predicted octanol–water partition coefficient (Wildman–Crippen LogP) is 3.33. The van der Waals surface area contributed by atoms with Gasteiger partial charge in [-0.05, 0) is 38.9 Å². The van der Waals surface area contributed by atoms with Crippen LogP contribution in [0.1, 0.15) is 19.3 Å².